The van der Waals surface area contributed by atoms with E-state index in [0.717, 1.165) is 10.6 Å². The Morgan fingerprint density at radius 3 is 2.88 bits per heavy atom. The third-order valence-corrected chi connectivity index (χ3v) is 2.09. The van der Waals surface area contributed by atoms with Gasteiger partial charge >= 0.3 is 0 Å². The summed E-state index contributed by atoms with van der Waals surface area (Å²) >= 11 is 2.47. The molecule has 0 aromatic carbocycles. The summed E-state index contributed by atoms with van der Waals surface area (Å²) < 4.78 is 0.798. The van der Waals surface area contributed by atoms with Gasteiger partial charge in [0.25, 0.3) is 0 Å². The van der Waals surface area contributed by atoms with Crippen molar-refractivity contribution >= 4 is 22.6 Å². The maximum absolute atomic E-state index is 3.30. The van der Waals surface area contributed by atoms with Crippen molar-refractivity contribution in [3.8, 4) is 0 Å². The zero-order valence-electron chi connectivity index (χ0n) is 5.02. The molecule has 1 unspecified atom stereocenters. The lowest BCUT2D eigenvalue weighted by Crippen LogP contribution is -2.45. The molecule has 1 atom stereocenters. The van der Waals surface area contributed by atoms with Crippen LogP contribution < -0.4 is 5.32 Å². The van der Waals surface area contributed by atoms with Gasteiger partial charge in [0, 0.05) is 23.7 Å². The highest BCUT2D eigenvalue weighted by atomic mass is 127. The van der Waals surface area contributed by atoms with Crippen LogP contribution >= 0.6 is 22.6 Å². The summed E-state index contributed by atoms with van der Waals surface area (Å²) in [6, 6.07) is 0. The van der Waals surface area contributed by atoms with Gasteiger partial charge in [0.05, 0.1) is 0 Å². The van der Waals surface area contributed by atoms with Crippen molar-refractivity contribution in [1.29, 1.82) is 0 Å². The number of nitrogens with zero attached hydrogens (tertiary/aromatic N) is 1. The van der Waals surface area contributed by atoms with Gasteiger partial charge in [-0.2, -0.15) is 0 Å². The summed E-state index contributed by atoms with van der Waals surface area (Å²) in [6.07, 6.45) is 0. The number of hydrogen-bond donors (Lipinski definition) is 1. The van der Waals surface area contributed by atoms with Crippen molar-refractivity contribution in [3.63, 3.8) is 0 Å². The van der Waals surface area contributed by atoms with E-state index < -0.39 is 0 Å². The predicted octanol–water partition coefficient (Wildman–Crippen LogP) is 0.283. The average molecular weight is 226 g/mol. The van der Waals surface area contributed by atoms with Crippen LogP contribution in [0.4, 0.5) is 0 Å². The summed E-state index contributed by atoms with van der Waals surface area (Å²) in [7, 11) is 2.14. The minimum atomic E-state index is 0.798. The molecule has 1 N–H and O–H groups in total. The molecule has 8 heavy (non-hydrogen) atoms. The summed E-state index contributed by atoms with van der Waals surface area (Å²) in [5, 5.41) is 3.30. The molecular weight excluding hydrogens is 215 g/mol. The van der Waals surface area contributed by atoms with Crippen molar-refractivity contribution in [2.45, 2.75) is 3.92 Å². The lowest BCUT2D eigenvalue weighted by Gasteiger charge is -2.26. The van der Waals surface area contributed by atoms with Crippen LogP contribution in [0.5, 0.6) is 0 Å². The molecule has 0 aromatic rings. The van der Waals surface area contributed by atoms with Crippen LogP contribution in [0.3, 0.4) is 0 Å². The zero-order valence-corrected chi connectivity index (χ0v) is 7.18. The Morgan fingerprint density at radius 2 is 2.50 bits per heavy atom. The highest BCUT2D eigenvalue weighted by Gasteiger charge is 2.11. The monoisotopic (exact) mass is 226 g/mol. The maximum atomic E-state index is 3.30. The van der Waals surface area contributed by atoms with Gasteiger partial charge in [-0.25, -0.2) is 0 Å². The predicted molar refractivity (Wildman–Crippen MR) is 43.3 cm³/mol. The maximum Gasteiger partial charge on any atom is 0.0478 e. The van der Waals surface area contributed by atoms with Crippen molar-refractivity contribution in [3.05, 3.63) is 0 Å². The van der Waals surface area contributed by atoms with Crippen LogP contribution in [0.25, 0.3) is 0 Å². The Hall–Kier alpha value is 0.650. The fraction of sp³-hybridized carbons (Fsp3) is 1.00. The Balaban J connectivity index is 2.23. The van der Waals surface area contributed by atoms with Crippen molar-refractivity contribution in [1.82, 2.24) is 10.2 Å². The number of halogens is 1. The average Bonchev–Trinajstić information content (AvgIpc) is 1.64. The molecule has 1 rings (SSSR count). The normalized spacial score (nSPS) is 33.0. The smallest absolute Gasteiger partial charge is 0.0478 e. The van der Waals surface area contributed by atoms with Crippen LogP contribution in [0.1, 0.15) is 0 Å². The second-order valence-electron chi connectivity index (χ2n) is 2.25. The van der Waals surface area contributed by atoms with Crippen molar-refractivity contribution in [2.24, 2.45) is 0 Å². The molecule has 3 heteroatoms. The van der Waals surface area contributed by atoms with E-state index in [1.54, 1.807) is 0 Å². The molecule has 1 aliphatic rings. The molecular formula is C5H11IN2. The zero-order chi connectivity index (χ0) is 5.98. The minimum absolute atomic E-state index is 0.798. The minimum Gasteiger partial charge on any atom is -0.303 e. The first-order valence-electron chi connectivity index (χ1n) is 2.82. The number of nitrogens with one attached hydrogen (secondary N) is 1. The molecule has 48 valence electrons. The van der Waals surface area contributed by atoms with Gasteiger partial charge in [-0.15, -0.1) is 0 Å². The van der Waals surface area contributed by atoms with E-state index in [0.29, 0.717) is 0 Å². The molecule has 1 aliphatic heterocycles. The first-order chi connectivity index (χ1) is 3.79. The van der Waals surface area contributed by atoms with Crippen LogP contribution in [-0.2, 0) is 0 Å². The van der Waals surface area contributed by atoms with Crippen molar-refractivity contribution in [2.75, 3.05) is 26.8 Å². The third kappa shape index (κ3) is 1.87. The quantitative estimate of drug-likeness (QED) is 0.471. The lowest BCUT2D eigenvalue weighted by molar-refractivity contribution is 0.272. The molecule has 2 nitrogen and oxygen atoms in total. The largest absolute Gasteiger partial charge is 0.303 e. The van der Waals surface area contributed by atoms with E-state index in [1.807, 2.05) is 0 Å². The molecule has 0 aliphatic carbocycles. The molecule has 0 radical (unpaired) electrons. The topological polar surface area (TPSA) is 15.3 Å². The van der Waals surface area contributed by atoms with E-state index >= 15 is 0 Å². The van der Waals surface area contributed by atoms with Gasteiger partial charge in [-0.1, -0.05) is 22.6 Å². The highest BCUT2D eigenvalue weighted by Crippen LogP contribution is 2.03. The lowest BCUT2D eigenvalue weighted by atomic mass is 10.3. The first-order valence-corrected chi connectivity index (χ1v) is 4.07. The van der Waals surface area contributed by atoms with Gasteiger partial charge < -0.3 is 5.32 Å². The fourth-order valence-corrected chi connectivity index (χ4v) is 1.86. The van der Waals surface area contributed by atoms with Crippen LogP contribution in [-0.4, -0.2) is 35.6 Å². The Kier molecular flexibility index (Phi) is 2.52. The van der Waals surface area contributed by atoms with Gasteiger partial charge in [-0.05, 0) is 7.05 Å². The molecule has 0 bridgehead atoms. The number of rotatable bonds is 0. The first kappa shape index (κ1) is 6.77. The number of alkyl halides is 1. The van der Waals surface area contributed by atoms with Crippen LogP contribution in [0.15, 0.2) is 0 Å². The molecule has 0 saturated carbocycles. The van der Waals surface area contributed by atoms with E-state index in [-0.39, 0.29) is 0 Å². The number of hydrogen-bond acceptors (Lipinski definition) is 2. The Bertz CT molecular complexity index is 68.8. The SMILES string of the molecule is CN1CNCC(I)C1. The second kappa shape index (κ2) is 2.98. The summed E-state index contributed by atoms with van der Waals surface area (Å²) in [4.78, 5) is 2.29. The van der Waals surface area contributed by atoms with Gasteiger partial charge in [-0.3, -0.25) is 4.90 Å². The molecule has 1 saturated heterocycles. The third-order valence-electron chi connectivity index (χ3n) is 1.26. The summed E-state index contributed by atoms with van der Waals surface area (Å²) in [5.74, 6) is 0. The van der Waals surface area contributed by atoms with E-state index in [4.69, 9.17) is 0 Å². The van der Waals surface area contributed by atoms with Crippen LogP contribution in [0.2, 0.25) is 0 Å². The summed E-state index contributed by atoms with van der Waals surface area (Å²) in [6.45, 7) is 3.46. The molecule has 0 amide bonds. The van der Waals surface area contributed by atoms with Gasteiger partial charge in [0.1, 0.15) is 0 Å². The van der Waals surface area contributed by atoms with Crippen LogP contribution in [0, 0.1) is 0 Å². The highest BCUT2D eigenvalue weighted by molar-refractivity contribution is 14.1. The van der Waals surface area contributed by atoms with Gasteiger partial charge in [0.15, 0.2) is 0 Å². The van der Waals surface area contributed by atoms with Gasteiger partial charge in [0.2, 0.25) is 0 Å². The molecule has 1 heterocycles. The Labute approximate surface area is 63.8 Å². The summed E-state index contributed by atoms with van der Waals surface area (Å²) in [5.41, 5.74) is 0. The van der Waals surface area contributed by atoms with Crippen molar-refractivity contribution < 1.29 is 0 Å². The van der Waals surface area contributed by atoms with E-state index in [2.05, 4.69) is 39.9 Å². The Morgan fingerprint density at radius 1 is 1.75 bits per heavy atom. The molecule has 0 spiro atoms. The molecule has 1 fully saturated rings. The van der Waals surface area contributed by atoms with E-state index in [9.17, 15) is 0 Å². The standard InChI is InChI=1S/C5H11IN2/c1-8-3-5(6)2-7-4-8/h5,7H,2-4H2,1H3. The second-order valence-corrected chi connectivity index (χ2v) is 4.01. The molecule has 0 aromatic heterocycles. The van der Waals surface area contributed by atoms with E-state index in [1.165, 1.54) is 13.1 Å². The fourth-order valence-electron chi connectivity index (χ4n) is 0.879.